The Labute approximate surface area is 76.2 Å². The van der Waals surface area contributed by atoms with E-state index in [1.807, 2.05) is 6.07 Å². The fourth-order valence-electron chi connectivity index (χ4n) is 1.11. The van der Waals surface area contributed by atoms with Crippen LogP contribution in [0.2, 0.25) is 0 Å². The number of phenolic OH excluding ortho intramolecular Hbond substituents is 1. The first kappa shape index (κ1) is 9.27. The summed E-state index contributed by atoms with van der Waals surface area (Å²) in [6.07, 6.45) is 1.67. The van der Waals surface area contributed by atoms with Crippen molar-refractivity contribution in [3.8, 4) is 11.8 Å². The summed E-state index contributed by atoms with van der Waals surface area (Å²) in [4.78, 5) is 10.1. The van der Waals surface area contributed by atoms with Gasteiger partial charge in [0.1, 0.15) is 12.0 Å². The third-order valence-corrected chi connectivity index (χ3v) is 1.74. The van der Waals surface area contributed by atoms with Crippen molar-refractivity contribution >= 4 is 6.29 Å². The average Bonchev–Trinajstić information content (AvgIpc) is 2.15. The highest BCUT2D eigenvalue weighted by Crippen LogP contribution is 2.16. The minimum Gasteiger partial charge on any atom is -0.508 e. The molecule has 0 unspecified atom stereocenters. The van der Waals surface area contributed by atoms with Crippen LogP contribution in [0, 0.1) is 11.3 Å². The molecule has 3 heteroatoms. The second kappa shape index (κ2) is 4.27. The summed E-state index contributed by atoms with van der Waals surface area (Å²) in [7, 11) is 0. The SMILES string of the molecule is N#Cc1ccc(O)cc1CCC=O. The molecule has 0 aliphatic carbocycles. The first-order chi connectivity index (χ1) is 6.27. The Balaban J connectivity index is 2.95. The number of benzene rings is 1. The molecule has 0 saturated heterocycles. The van der Waals surface area contributed by atoms with Crippen LogP contribution in [-0.2, 0) is 11.2 Å². The predicted octanol–water partition coefficient (Wildman–Crippen LogP) is 1.40. The Kier molecular flexibility index (Phi) is 3.04. The number of aromatic hydroxyl groups is 1. The third kappa shape index (κ3) is 2.31. The second-order valence-electron chi connectivity index (χ2n) is 2.66. The van der Waals surface area contributed by atoms with Gasteiger partial charge in [-0.15, -0.1) is 0 Å². The molecule has 0 amide bonds. The van der Waals surface area contributed by atoms with Crippen molar-refractivity contribution in [3.05, 3.63) is 29.3 Å². The Morgan fingerprint density at radius 2 is 2.31 bits per heavy atom. The van der Waals surface area contributed by atoms with Crippen LogP contribution in [0.1, 0.15) is 17.5 Å². The van der Waals surface area contributed by atoms with Crippen LogP contribution < -0.4 is 0 Å². The summed E-state index contributed by atoms with van der Waals surface area (Å²) in [5, 5.41) is 17.8. The van der Waals surface area contributed by atoms with E-state index in [9.17, 15) is 4.79 Å². The second-order valence-corrected chi connectivity index (χ2v) is 2.66. The van der Waals surface area contributed by atoms with Gasteiger partial charge in [-0.1, -0.05) is 0 Å². The van der Waals surface area contributed by atoms with E-state index in [0.29, 0.717) is 18.4 Å². The van der Waals surface area contributed by atoms with Gasteiger partial charge in [0.25, 0.3) is 0 Å². The molecule has 0 heterocycles. The van der Waals surface area contributed by atoms with Crippen LogP contribution in [0.15, 0.2) is 18.2 Å². The van der Waals surface area contributed by atoms with Crippen LogP contribution in [0.4, 0.5) is 0 Å². The molecule has 1 rings (SSSR count). The van der Waals surface area contributed by atoms with Gasteiger partial charge in [0.05, 0.1) is 11.6 Å². The summed E-state index contributed by atoms with van der Waals surface area (Å²) in [6, 6.07) is 6.53. The minimum atomic E-state index is 0.125. The van der Waals surface area contributed by atoms with Crippen molar-refractivity contribution in [1.29, 1.82) is 5.26 Å². The third-order valence-electron chi connectivity index (χ3n) is 1.74. The molecular weight excluding hydrogens is 166 g/mol. The van der Waals surface area contributed by atoms with Gasteiger partial charge in [0, 0.05) is 6.42 Å². The molecule has 1 aromatic rings. The summed E-state index contributed by atoms with van der Waals surface area (Å²) < 4.78 is 0. The zero-order valence-electron chi connectivity index (χ0n) is 7.03. The molecule has 1 N–H and O–H groups in total. The van der Waals surface area contributed by atoms with Crippen LogP contribution in [0.5, 0.6) is 5.75 Å². The topological polar surface area (TPSA) is 61.1 Å². The fourth-order valence-corrected chi connectivity index (χ4v) is 1.11. The first-order valence-corrected chi connectivity index (χ1v) is 3.93. The molecule has 0 radical (unpaired) electrons. The number of carbonyl (C=O) groups excluding carboxylic acids is 1. The van der Waals surface area contributed by atoms with Gasteiger partial charge in [-0.2, -0.15) is 5.26 Å². The molecule has 0 atom stereocenters. The molecule has 13 heavy (non-hydrogen) atoms. The van der Waals surface area contributed by atoms with Gasteiger partial charge in [-0.05, 0) is 30.2 Å². The summed E-state index contributed by atoms with van der Waals surface area (Å²) in [5.41, 5.74) is 1.23. The Morgan fingerprint density at radius 1 is 1.54 bits per heavy atom. The van der Waals surface area contributed by atoms with Crippen LogP contribution in [0.25, 0.3) is 0 Å². The maximum absolute atomic E-state index is 10.1. The van der Waals surface area contributed by atoms with Crippen molar-refractivity contribution in [3.63, 3.8) is 0 Å². The lowest BCUT2D eigenvalue weighted by atomic mass is 10.0. The van der Waals surface area contributed by atoms with E-state index in [1.165, 1.54) is 12.1 Å². The van der Waals surface area contributed by atoms with Crippen molar-refractivity contribution in [1.82, 2.24) is 0 Å². The number of nitriles is 1. The fraction of sp³-hybridized carbons (Fsp3) is 0.200. The van der Waals surface area contributed by atoms with E-state index in [0.717, 1.165) is 11.8 Å². The van der Waals surface area contributed by atoms with E-state index < -0.39 is 0 Å². The highest BCUT2D eigenvalue weighted by Gasteiger charge is 2.02. The highest BCUT2D eigenvalue weighted by molar-refractivity contribution is 5.51. The standard InChI is InChI=1S/C10H9NO2/c11-7-9-3-4-10(13)6-8(9)2-1-5-12/h3-6,13H,1-2H2. The molecule has 0 aliphatic rings. The molecule has 0 fully saturated rings. The average molecular weight is 175 g/mol. The van der Waals surface area contributed by atoms with Gasteiger partial charge in [-0.25, -0.2) is 0 Å². The normalized spacial score (nSPS) is 9.15. The molecule has 0 spiro atoms. The molecule has 1 aromatic carbocycles. The number of aldehydes is 1. The maximum Gasteiger partial charge on any atom is 0.120 e. The Hall–Kier alpha value is -1.82. The first-order valence-electron chi connectivity index (χ1n) is 3.93. The number of nitrogens with zero attached hydrogens (tertiary/aromatic N) is 1. The van der Waals surface area contributed by atoms with Crippen LogP contribution in [-0.4, -0.2) is 11.4 Å². The van der Waals surface area contributed by atoms with Gasteiger partial charge >= 0.3 is 0 Å². The minimum absolute atomic E-state index is 0.125. The van der Waals surface area contributed by atoms with Crippen molar-refractivity contribution in [2.75, 3.05) is 0 Å². The largest absolute Gasteiger partial charge is 0.508 e. The summed E-state index contributed by atoms with van der Waals surface area (Å²) >= 11 is 0. The number of rotatable bonds is 3. The Morgan fingerprint density at radius 3 is 2.92 bits per heavy atom. The van der Waals surface area contributed by atoms with Gasteiger partial charge in [0.15, 0.2) is 0 Å². The van der Waals surface area contributed by atoms with Crippen molar-refractivity contribution in [2.45, 2.75) is 12.8 Å². The van der Waals surface area contributed by atoms with Crippen molar-refractivity contribution < 1.29 is 9.90 Å². The molecule has 0 aliphatic heterocycles. The molecule has 0 bridgehead atoms. The lowest BCUT2D eigenvalue weighted by Crippen LogP contribution is -1.90. The lowest BCUT2D eigenvalue weighted by Gasteiger charge is -2.01. The van der Waals surface area contributed by atoms with E-state index >= 15 is 0 Å². The number of phenols is 1. The maximum atomic E-state index is 10.1. The van der Waals surface area contributed by atoms with E-state index in [4.69, 9.17) is 10.4 Å². The highest BCUT2D eigenvalue weighted by atomic mass is 16.3. The van der Waals surface area contributed by atoms with Crippen LogP contribution >= 0.6 is 0 Å². The quantitative estimate of drug-likeness (QED) is 0.706. The predicted molar refractivity (Wildman–Crippen MR) is 47.2 cm³/mol. The molecular formula is C10H9NO2. The number of hydrogen-bond acceptors (Lipinski definition) is 3. The monoisotopic (exact) mass is 175 g/mol. The molecule has 0 aromatic heterocycles. The molecule has 66 valence electrons. The van der Waals surface area contributed by atoms with Gasteiger partial charge < -0.3 is 9.90 Å². The lowest BCUT2D eigenvalue weighted by molar-refractivity contribution is -0.107. The van der Waals surface area contributed by atoms with Crippen LogP contribution in [0.3, 0.4) is 0 Å². The molecule has 0 saturated carbocycles. The smallest absolute Gasteiger partial charge is 0.120 e. The molecule has 3 nitrogen and oxygen atoms in total. The van der Waals surface area contributed by atoms with Crippen molar-refractivity contribution in [2.24, 2.45) is 0 Å². The Bertz CT molecular complexity index is 352. The van der Waals surface area contributed by atoms with E-state index in [1.54, 1.807) is 6.07 Å². The number of hydrogen-bond donors (Lipinski definition) is 1. The zero-order valence-corrected chi connectivity index (χ0v) is 7.03. The zero-order chi connectivity index (χ0) is 9.68. The number of carbonyl (C=O) groups is 1. The van der Waals surface area contributed by atoms with Gasteiger partial charge in [-0.3, -0.25) is 0 Å². The van der Waals surface area contributed by atoms with E-state index in [2.05, 4.69) is 0 Å². The number of aryl methyl sites for hydroxylation is 1. The van der Waals surface area contributed by atoms with E-state index in [-0.39, 0.29) is 5.75 Å². The summed E-state index contributed by atoms with van der Waals surface area (Å²) in [6.45, 7) is 0. The summed E-state index contributed by atoms with van der Waals surface area (Å²) in [5.74, 6) is 0.125. The van der Waals surface area contributed by atoms with Gasteiger partial charge in [0.2, 0.25) is 0 Å².